The first-order chi connectivity index (χ1) is 16.1. The number of aryl methyl sites for hydroxylation is 2. The van der Waals surface area contributed by atoms with Crippen molar-refractivity contribution in [1.29, 1.82) is 0 Å². The van der Waals surface area contributed by atoms with E-state index in [0.29, 0.717) is 35.5 Å². The number of pyridine rings is 1. The molecule has 0 unspecified atom stereocenters. The lowest BCUT2D eigenvalue weighted by molar-refractivity contribution is -0.286. The Hall–Kier alpha value is -4.01. The molecule has 2 N–H and O–H groups in total. The number of carboxylic acid groups (broad SMARTS) is 1. The van der Waals surface area contributed by atoms with E-state index in [1.165, 1.54) is 18.2 Å². The van der Waals surface area contributed by atoms with Gasteiger partial charge < -0.3 is 19.9 Å². The van der Waals surface area contributed by atoms with Crippen LogP contribution in [0.4, 0.5) is 14.6 Å². The standard InChI is InChI=1S/C25H20F2N2O5.H2/c1-13-3-8-20(28-21(13)15-4-6-17(22(30)31)14(2)11-15)29-23(32)24(9-10-24)16-5-7-18-19(12-16)34-25(26,27)33-18;/h3-8,11-12H,9-10H2,1-2H3,(H,30,31)(H,28,29,32);1H. The van der Waals surface area contributed by atoms with E-state index in [-0.39, 0.29) is 24.4 Å². The number of aromatic nitrogens is 1. The molecule has 2 aromatic carbocycles. The number of hydrogen-bond acceptors (Lipinski definition) is 5. The van der Waals surface area contributed by atoms with Gasteiger partial charge in [0.05, 0.1) is 16.7 Å². The Balaban J connectivity index is 0.00000289. The zero-order valence-corrected chi connectivity index (χ0v) is 18.3. The third kappa shape index (κ3) is 3.72. The van der Waals surface area contributed by atoms with Gasteiger partial charge in [-0.15, -0.1) is 8.78 Å². The summed E-state index contributed by atoms with van der Waals surface area (Å²) in [5.74, 6) is -1.13. The van der Waals surface area contributed by atoms with E-state index in [0.717, 1.165) is 11.1 Å². The fraction of sp³-hybridized carbons (Fsp3) is 0.240. The first-order valence-electron chi connectivity index (χ1n) is 10.6. The number of nitrogens with one attached hydrogen (secondary N) is 1. The van der Waals surface area contributed by atoms with Gasteiger partial charge >= 0.3 is 12.3 Å². The van der Waals surface area contributed by atoms with Crippen LogP contribution in [0.25, 0.3) is 11.3 Å². The van der Waals surface area contributed by atoms with Crippen molar-refractivity contribution in [3.63, 3.8) is 0 Å². The first kappa shape index (κ1) is 21.8. The van der Waals surface area contributed by atoms with Gasteiger partial charge in [-0.3, -0.25) is 4.79 Å². The van der Waals surface area contributed by atoms with Gasteiger partial charge in [0.15, 0.2) is 11.5 Å². The molecule has 2 aliphatic rings. The molecule has 1 aromatic heterocycles. The highest BCUT2D eigenvalue weighted by Gasteiger charge is 2.53. The van der Waals surface area contributed by atoms with Crippen LogP contribution in [0.15, 0.2) is 48.5 Å². The molecular weight excluding hydrogens is 446 g/mol. The largest absolute Gasteiger partial charge is 0.586 e. The van der Waals surface area contributed by atoms with E-state index in [1.807, 2.05) is 13.0 Å². The van der Waals surface area contributed by atoms with Crippen LogP contribution in [0.2, 0.25) is 0 Å². The number of alkyl halides is 2. The lowest BCUT2D eigenvalue weighted by Gasteiger charge is -2.17. The minimum atomic E-state index is -3.72. The highest BCUT2D eigenvalue weighted by atomic mass is 19.3. The second-order valence-electron chi connectivity index (χ2n) is 8.56. The van der Waals surface area contributed by atoms with Crippen molar-refractivity contribution >= 4 is 17.7 Å². The lowest BCUT2D eigenvalue weighted by Crippen LogP contribution is -2.28. The molecular formula is C25H22F2N2O5. The summed E-state index contributed by atoms with van der Waals surface area (Å²) in [7, 11) is 0. The van der Waals surface area contributed by atoms with Crippen LogP contribution in [0.1, 0.15) is 41.3 Å². The molecule has 0 atom stereocenters. The molecule has 0 saturated heterocycles. The Morgan fingerprint density at radius 1 is 1.00 bits per heavy atom. The van der Waals surface area contributed by atoms with Crippen molar-refractivity contribution in [3.8, 4) is 22.8 Å². The van der Waals surface area contributed by atoms with Crippen LogP contribution in [0, 0.1) is 13.8 Å². The molecule has 7 nitrogen and oxygen atoms in total. The molecule has 2 heterocycles. The van der Waals surface area contributed by atoms with Gasteiger partial charge in [-0.25, -0.2) is 9.78 Å². The topological polar surface area (TPSA) is 97.8 Å². The van der Waals surface area contributed by atoms with Crippen LogP contribution in [-0.4, -0.2) is 28.3 Å². The number of carbonyl (C=O) groups is 2. The monoisotopic (exact) mass is 468 g/mol. The fourth-order valence-electron chi connectivity index (χ4n) is 4.20. The second-order valence-corrected chi connectivity index (χ2v) is 8.56. The smallest absolute Gasteiger partial charge is 0.478 e. The summed E-state index contributed by atoms with van der Waals surface area (Å²) in [5.41, 5.74) is 2.73. The van der Waals surface area contributed by atoms with Crippen LogP contribution in [-0.2, 0) is 10.2 Å². The number of fused-ring (bicyclic) bond motifs is 1. The zero-order valence-electron chi connectivity index (χ0n) is 18.3. The summed E-state index contributed by atoms with van der Waals surface area (Å²) in [6.07, 6.45) is -2.60. The summed E-state index contributed by atoms with van der Waals surface area (Å²) in [5, 5.41) is 12.1. The number of benzene rings is 2. The molecule has 1 aliphatic heterocycles. The number of ether oxygens (including phenoxy) is 2. The Labute approximate surface area is 194 Å². The molecule has 0 bridgehead atoms. The summed E-state index contributed by atoms with van der Waals surface area (Å²) in [6.45, 7) is 3.59. The fourth-order valence-corrected chi connectivity index (χ4v) is 4.20. The van der Waals surface area contributed by atoms with Gasteiger partial charge in [-0.2, -0.15) is 0 Å². The van der Waals surface area contributed by atoms with Gasteiger partial charge in [0.25, 0.3) is 0 Å². The number of nitrogens with zero attached hydrogens (tertiary/aromatic N) is 1. The number of hydrogen-bond donors (Lipinski definition) is 2. The molecule has 5 rings (SSSR count). The maximum atomic E-state index is 13.4. The minimum absolute atomic E-state index is 0. The third-order valence-electron chi connectivity index (χ3n) is 6.21. The molecule has 34 heavy (non-hydrogen) atoms. The maximum absolute atomic E-state index is 13.4. The van der Waals surface area contributed by atoms with Crippen molar-refractivity contribution in [3.05, 3.63) is 70.8 Å². The van der Waals surface area contributed by atoms with Gasteiger partial charge in [0.1, 0.15) is 5.82 Å². The number of carbonyl (C=O) groups excluding carboxylic acids is 1. The van der Waals surface area contributed by atoms with Crippen molar-refractivity contribution < 1.29 is 34.4 Å². The summed E-state index contributed by atoms with van der Waals surface area (Å²) in [6, 6.07) is 12.9. The summed E-state index contributed by atoms with van der Waals surface area (Å²) < 4.78 is 35.7. The van der Waals surface area contributed by atoms with Crippen molar-refractivity contribution in [2.75, 3.05) is 5.32 Å². The number of amides is 1. The van der Waals surface area contributed by atoms with Crippen LogP contribution in [0.3, 0.4) is 0 Å². The average molecular weight is 468 g/mol. The second kappa shape index (κ2) is 7.51. The SMILES string of the molecule is Cc1cc(-c2nc(NC(=O)C3(c4ccc5c(c4)OC(F)(F)O5)CC3)ccc2C)ccc1C(=O)O.[HH]. The molecule has 0 spiro atoms. The van der Waals surface area contributed by atoms with Gasteiger partial charge in [-0.1, -0.05) is 18.2 Å². The van der Waals surface area contributed by atoms with Crippen molar-refractivity contribution in [2.24, 2.45) is 0 Å². The van der Waals surface area contributed by atoms with Crippen LogP contribution in [0.5, 0.6) is 11.5 Å². The summed E-state index contributed by atoms with van der Waals surface area (Å²) >= 11 is 0. The van der Waals surface area contributed by atoms with Gasteiger partial charge in [-0.05, 0) is 73.7 Å². The van der Waals surface area contributed by atoms with Crippen molar-refractivity contribution in [1.82, 2.24) is 4.98 Å². The van der Waals surface area contributed by atoms with E-state index >= 15 is 0 Å². The Morgan fingerprint density at radius 3 is 2.41 bits per heavy atom. The molecule has 1 fully saturated rings. The molecule has 3 aromatic rings. The first-order valence-corrected chi connectivity index (χ1v) is 10.6. The molecule has 1 aliphatic carbocycles. The van der Waals surface area contributed by atoms with Crippen molar-refractivity contribution in [2.45, 2.75) is 38.4 Å². The van der Waals surface area contributed by atoms with Gasteiger partial charge in [0, 0.05) is 6.99 Å². The predicted molar refractivity (Wildman–Crippen MR) is 120 cm³/mol. The predicted octanol–water partition coefficient (Wildman–Crippen LogP) is 5.30. The molecule has 9 heteroatoms. The van der Waals surface area contributed by atoms with E-state index in [4.69, 9.17) is 0 Å². The molecule has 1 amide bonds. The Kier molecular flexibility index (Phi) is 4.82. The Morgan fingerprint density at radius 2 is 1.74 bits per heavy atom. The Bertz CT molecular complexity index is 1360. The minimum Gasteiger partial charge on any atom is -0.478 e. The normalized spacial score (nSPS) is 16.7. The number of carboxylic acids is 1. The van der Waals surface area contributed by atoms with E-state index in [1.54, 1.807) is 31.2 Å². The third-order valence-corrected chi connectivity index (χ3v) is 6.21. The van der Waals surface area contributed by atoms with Crippen LogP contribution >= 0.6 is 0 Å². The van der Waals surface area contributed by atoms with E-state index in [2.05, 4.69) is 19.8 Å². The highest BCUT2D eigenvalue weighted by molar-refractivity contribution is 6.01. The molecule has 1 saturated carbocycles. The number of rotatable bonds is 5. The number of halogens is 2. The average Bonchev–Trinajstić information content (AvgIpc) is 3.52. The zero-order chi connectivity index (χ0) is 24.3. The number of aromatic carboxylic acids is 1. The summed E-state index contributed by atoms with van der Waals surface area (Å²) in [4.78, 5) is 29.1. The lowest BCUT2D eigenvalue weighted by atomic mass is 9.94. The van der Waals surface area contributed by atoms with Crippen LogP contribution < -0.4 is 14.8 Å². The van der Waals surface area contributed by atoms with Gasteiger partial charge in [0.2, 0.25) is 5.91 Å². The van der Waals surface area contributed by atoms with E-state index < -0.39 is 17.7 Å². The number of anilines is 1. The van der Waals surface area contributed by atoms with E-state index in [9.17, 15) is 23.5 Å². The molecule has 0 radical (unpaired) electrons. The molecule has 176 valence electrons. The quantitative estimate of drug-likeness (QED) is 0.527. The highest BCUT2D eigenvalue weighted by Crippen LogP contribution is 2.52. The maximum Gasteiger partial charge on any atom is 0.586 e.